The molecule has 4 rings (SSSR count). The summed E-state index contributed by atoms with van der Waals surface area (Å²) in [5.74, 6) is -0.386. The van der Waals surface area contributed by atoms with Gasteiger partial charge in [-0.15, -0.1) is 5.10 Å². The van der Waals surface area contributed by atoms with Crippen LogP contribution >= 0.6 is 11.3 Å². The first kappa shape index (κ1) is 23.6. The van der Waals surface area contributed by atoms with E-state index >= 15 is 0 Å². The van der Waals surface area contributed by atoms with Crippen molar-refractivity contribution in [2.24, 2.45) is 0 Å². The molecule has 0 aliphatic rings. The molecule has 0 spiro atoms. The average molecular weight is 476 g/mol. The molecule has 2 aromatic heterocycles. The van der Waals surface area contributed by atoms with Crippen molar-refractivity contribution in [3.8, 4) is 0 Å². The van der Waals surface area contributed by atoms with E-state index in [4.69, 9.17) is 0 Å². The van der Waals surface area contributed by atoms with Crippen LogP contribution in [0.3, 0.4) is 0 Å². The van der Waals surface area contributed by atoms with Gasteiger partial charge in [0.1, 0.15) is 18.1 Å². The van der Waals surface area contributed by atoms with Crippen molar-refractivity contribution in [1.82, 2.24) is 25.2 Å². The van der Waals surface area contributed by atoms with E-state index in [1.165, 1.54) is 11.3 Å². The summed E-state index contributed by atoms with van der Waals surface area (Å²) in [5, 5.41) is 15.3. The lowest BCUT2D eigenvalue weighted by Gasteiger charge is -2.33. The first-order valence-electron chi connectivity index (χ1n) is 11.3. The number of aromatic nitrogens is 3. The Labute approximate surface area is 203 Å². The molecule has 0 bridgehead atoms. The van der Waals surface area contributed by atoms with Crippen LogP contribution < -0.4 is 5.32 Å². The molecule has 2 aromatic carbocycles. The smallest absolute Gasteiger partial charge is 0.247 e. The number of fused-ring (bicyclic) bond motifs is 1. The van der Waals surface area contributed by atoms with E-state index in [-0.39, 0.29) is 18.4 Å². The van der Waals surface area contributed by atoms with Gasteiger partial charge in [0.05, 0.1) is 5.52 Å². The number of hydrogen-bond acceptors (Lipinski definition) is 5. The quantitative estimate of drug-likeness (QED) is 0.414. The molecule has 8 heteroatoms. The number of rotatable bonds is 8. The maximum Gasteiger partial charge on any atom is 0.247 e. The Bertz CT molecular complexity index is 1250. The maximum atomic E-state index is 13.7. The van der Waals surface area contributed by atoms with Gasteiger partial charge in [0, 0.05) is 12.1 Å². The van der Waals surface area contributed by atoms with Crippen LogP contribution in [0.25, 0.3) is 11.0 Å². The van der Waals surface area contributed by atoms with Gasteiger partial charge in [-0.3, -0.25) is 9.59 Å². The summed E-state index contributed by atoms with van der Waals surface area (Å²) >= 11 is 1.51. The normalized spacial score (nSPS) is 12.4. The lowest BCUT2D eigenvalue weighted by atomic mass is 10.0. The fourth-order valence-electron chi connectivity index (χ4n) is 3.89. The van der Waals surface area contributed by atoms with Crippen LogP contribution in [0.1, 0.15) is 37.9 Å². The number of nitrogens with zero attached hydrogens (tertiary/aromatic N) is 4. The number of hydrogen-bond donors (Lipinski definition) is 1. The van der Waals surface area contributed by atoms with Crippen molar-refractivity contribution in [2.75, 3.05) is 6.54 Å². The highest BCUT2D eigenvalue weighted by Crippen LogP contribution is 2.26. The summed E-state index contributed by atoms with van der Waals surface area (Å²) in [5.41, 5.74) is 2.99. The largest absolute Gasteiger partial charge is 0.349 e. The van der Waals surface area contributed by atoms with E-state index in [9.17, 15) is 9.59 Å². The van der Waals surface area contributed by atoms with E-state index in [1.807, 2.05) is 92.2 Å². The van der Waals surface area contributed by atoms with Crippen LogP contribution in [-0.2, 0) is 22.6 Å². The van der Waals surface area contributed by atoms with E-state index < -0.39 is 11.6 Å². The molecule has 4 aromatic rings. The van der Waals surface area contributed by atoms with Gasteiger partial charge in [-0.2, -0.15) is 11.3 Å². The molecular formula is C26H29N5O2S. The predicted molar refractivity (Wildman–Crippen MR) is 134 cm³/mol. The maximum absolute atomic E-state index is 13.7. The Morgan fingerprint density at radius 3 is 2.50 bits per heavy atom. The van der Waals surface area contributed by atoms with Crippen LogP contribution in [0, 0.1) is 0 Å². The molecule has 0 aliphatic heterocycles. The minimum absolute atomic E-state index is 0.00125. The van der Waals surface area contributed by atoms with Crippen molar-refractivity contribution >= 4 is 34.2 Å². The molecule has 0 unspecified atom stereocenters. The van der Waals surface area contributed by atoms with Crippen molar-refractivity contribution < 1.29 is 9.59 Å². The van der Waals surface area contributed by atoms with Gasteiger partial charge in [-0.1, -0.05) is 47.7 Å². The number of carbonyl (C=O) groups excluding carboxylic acids is 2. The van der Waals surface area contributed by atoms with Gasteiger partial charge in [0.25, 0.3) is 0 Å². The second-order valence-corrected chi connectivity index (χ2v) is 10.0. The van der Waals surface area contributed by atoms with Crippen LogP contribution in [0.15, 0.2) is 71.4 Å². The number of amides is 2. The summed E-state index contributed by atoms with van der Waals surface area (Å²) in [6, 6.07) is 18.7. The van der Waals surface area contributed by atoms with Crippen molar-refractivity contribution in [2.45, 2.75) is 45.3 Å². The zero-order valence-corrected chi connectivity index (χ0v) is 20.5. The summed E-state index contributed by atoms with van der Waals surface area (Å²) in [6.07, 6.45) is 0.633. The van der Waals surface area contributed by atoms with Crippen LogP contribution in [0.2, 0.25) is 0 Å². The summed E-state index contributed by atoms with van der Waals surface area (Å²) in [6.45, 7) is 6.21. The molecule has 2 heterocycles. The Morgan fingerprint density at radius 2 is 1.79 bits per heavy atom. The standard InChI is InChI=1S/C26H29N5O2S/c1-26(2,3)27-25(33)24(20-14-16-34-18-20)30(15-13-19-9-5-4-6-10-19)23(32)17-31-22-12-8-7-11-21(22)28-29-31/h4-12,14,16,18,24H,13,15,17H2,1-3H3,(H,27,33)/t24-/m0/s1. The number of benzene rings is 2. The monoisotopic (exact) mass is 475 g/mol. The third-order valence-corrected chi connectivity index (χ3v) is 6.13. The predicted octanol–water partition coefficient (Wildman–Crippen LogP) is 4.22. The van der Waals surface area contributed by atoms with Gasteiger partial charge in [0.15, 0.2) is 0 Å². The second-order valence-electron chi connectivity index (χ2n) is 9.26. The van der Waals surface area contributed by atoms with E-state index in [0.717, 1.165) is 22.2 Å². The highest BCUT2D eigenvalue weighted by atomic mass is 32.1. The first-order chi connectivity index (χ1) is 16.3. The zero-order chi connectivity index (χ0) is 24.1. The van der Waals surface area contributed by atoms with Crippen LogP contribution in [0.5, 0.6) is 0 Å². The molecule has 0 aliphatic carbocycles. The molecule has 7 nitrogen and oxygen atoms in total. The SMILES string of the molecule is CC(C)(C)NC(=O)[C@H](c1ccsc1)N(CCc1ccccc1)C(=O)Cn1nnc2ccccc21. The Balaban J connectivity index is 1.67. The molecule has 0 radical (unpaired) electrons. The molecule has 2 amide bonds. The minimum Gasteiger partial charge on any atom is -0.349 e. The Morgan fingerprint density at radius 1 is 1.06 bits per heavy atom. The van der Waals surface area contributed by atoms with Gasteiger partial charge < -0.3 is 10.2 Å². The third-order valence-electron chi connectivity index (χ3n) is 5.43. The van der Waals surface area contributed by atoms with E-state index in [2.05, 4.69) is 15.6 Å². The van der Waals surface area contributed by atoms with Gasteiger partial charge in [0.2, 0.25) is 11.8 Å². The van der Waals surface area contributed by atoms with E-state index in [1.54, 1.807) is 9.58 Å². The van der Waals surface area contributed by atoms with Gasteiger partial charge >= 0.3 is 0 Å². The van der Waals surface area contributed by atoms with Crippen molar-refractivity contribution in [1.29, 1.82) is 0 Å². The first-order valence-corrected chi connectivity index (χ1v) is 12.2. The number of carbonyl (C=O) groups is 2. The number of para-hydroxylation sites is 1. The van der Waals surface area contributed by atoms with Crippen molar-refractivity contribution in [3.05, 3.63) is 82.6 Å². The molecule has 1 N–H and O–H groups in total. The second kappa shape index (κ2) is 10.2. The lowest BCUT2D eigenvalue weighted by molar-refractivity contribution is -0.142. The topological polar surface area (TPSA) is 80.1 Å². The fraction of sp³-hybridized carbons (Fsp3) is 0.308. The fourth-order valence-corrected chi connectivity index (χ4v) is 4.57. The third kappa shape index (κ3) is 5.69. The van der Waals surface area contributed by atoms with Gasteiger partial charge in [-0.05, 0) is 67.3 Å². The van der Waals surface area contributed by atoms with Crippen molar-refractivity contribution in [3.63, 3.8) is 0 Å². The zero-order valence-electron chi connectivity index (χ0n) is 19.6. The van der Waals surface area contributed by atoms with Crippen LogP contribution in [0.4, 0.5) is 0 Å². The summed E-state index contributed by atoms with van der Waals surface area (Å²) < 4.78 is 1.60. The van der Waals surface area contributed by atoms with Crippen LogP contribution in [-0.4, -0.2) is 43.8 Å². The number of thiophene rings is 1. The average Bonchev–Trinajstić information content (AvgIpc) is 3.46. The molecule has 0 saturated heterocycles. The summed E-state index contributed by atoms with van der Waals surface area (Å²) in [4.78, 5) is 28.9. The molecule has 1 atom stereocenters. The minimum atomic E-state index is -0.739. The highest BCUT2D eigenvalue weighted by Gasteiger charge is 2.33. The highest BCUT2D eigenvalue weighted by molar-refractivity contribution is 7.08. The molecule has 34 heavy (non-hydrogen) atoms. The molecule has 0 saturated carbocycles. The molecular weight excluding hydrogens is 446 g/mol. The molecule has 0 fully saturated rings. The molecule has 176 valence electrons. The Kier molecular flexibility index (Phi) is 7.07. The van der Waals surface area contributed by atoms with E-state index in [0.29, 0.717) is 13.0 Å². The summed E-state index contributed by atoms with van der Waals surface area (Å²) in [7, 11) is 0. The van der Waals surface area contributed by atoms with Gasteiger partial charge in [-0.25, -0.2) is 4.68 Å². The Hall–Kier alpha value is -3.52. The number of nitrogens with one attached hydrogen (secondary N) is 1. The lowest BCUT2D eigenvalue weighted by Crippen LogP contribution is -2.50.